The van der Waals surface area contributed by atoms with Gasteiger partial charge in [0.2, 0.25) is 10.0 Å². The number of benzene rings is 1. The first-order chi connectivity index (χ1) is 12.5. The smallest absolute Gasteiger partial charge is 0.243 e. The largest absolute Gasteiger partial charge is 0.490 e. The average molecular weight is 383 g/mol. The summed E-state index contributed by atoms with van der Waals surface area (Å²) in [5.74, 6) is 1.91. The van der Waals surface area contributed by atoms with E-state index in [1.807, 2.05) is 13.8 Å². The predicted octanol–water partition coefficient (Wildman–Crippen LogP) is 2.64. The zero-order chi connectivity index (χ0) is 18.6. The number of piperidine rings is 1. The van der Waals surface area contributed by atoms with E-state index < -0.39 is 10.0 Å². The summed E-state index contributed by atoms with van der Waals surface area (Å²) in [7, 11) is -3.51. The molecular formula is C19H30N2O4S. The minimum Gasteiger partial charge on any atom is -0.490 e. The molecule has 1 aromatic rings. The summed E-state index contributed by atoms with van der Waals surface area (Å²) in [5, 5.41) is 3.58. The van der Waals surface area contributed by atoms with Gasteiger partial charge in [-0.05, 0) is 64.1 Å². The fourth-order valence-electron chi connectivity index (χ4n) is 3.30. The molecule has 146 valence electrons. The second-order valence-electron chi connectivity index (χ2n) is 7.00. The van der Waals surface area contributed by atoms with E-state index in [1.165, 1.54) is 12.8 Å². The highest BCUT2D eigenvalue weighted by Gasteiger charge is 2.31. The fourth-order valence-corrected chi connectivity index (χ4v) is 4.78. The van der Waals surface area contributed by atoms with Crippen LogP contribution in [0.25, 0.3) is 0 Å². The molecule has 1 aromatic carbocycles. The molecule has 1 saturated carbocycles. The molecule has 0 aromatic heterocycles. The van der Waals surface area contributed by atoms with Crippen molar-refractivity contribution in [2.24, 2.45) is 5.92 Å². The van der Waals surface area contributed by atoms with Gasteiger partial charge in [-0.2, -0.15) is 4.31 Å². The Hall–Kier alpha value is -1.31. The molecule has 1 saturated heterocycles. The molecule has 2 aliphatic rings. The van der Waals surface area contributed by atoms with Gasteiger partial charge in [-0.3, -0.25) is 0 Å². The number of sulfonamides is 1. The van der Waals surface area contributed by atoms with Crippen LogP contribution >= 0.6 is 0 Å². The van der Waals surface area contributed by atoms with Crippen LogP contribution in [0.3, 0.4) is 0 Å². The minimum absolute atomic E-state index is 0.272. The number of nitrogens with one attached hydrogen (secondary N) is 1. The van der Waals surface area contributed by atoms with E-state index in [0.29, 0.717) is 43.8 Å². The third kappa shape index (κ3) is 4.69. The lowest BCUT2D eigenvalue weighted by Crippen LogP contribution is -2.45. The molecule has 0 spiro atoms. The molecule has 1 aliphatic heterocycles. The van der Waals surface area contributed by atoms with Crippen LogP contribution in [-0.4, -0.2) is 51.6 Å². The van der Waals surface area contributed by atoms with Crippen LogP contribution in [0.5, 0.6) is 11.5 Å². The van der Waals surface area contributed by atoms with E-state index in [1.54, 1.807) is 22.5 Å². The van der Waals surface area contributed by atoms with E-state index >= 15 is 0 Å². The van der Waals surface area contributed by atoms with Gasteiger partial charge in [0.25, 0.3) is 0 Å². The van der Waals surface area contributed by atoms with Gasteiger partial charge in [0.1, 0.15) is 0 Å². The van der Waals surface area contributed by atoms with Crippen molar-refractivity contribution in [3.8, 4) is 11.5 Å². The van der Waals surface area contributed by atoms with E-state index in [2.05, 4.69) is 5.32 Å². The van der Waals surface area contributed by atoms with Crippen molar-refractivity contribution in [2.45, 2.75) is 50.5 Å². The Labute approximate surface area is 156 Å². The molecule has 6 nitrogen and oxygen atoms in total. The van der Waals surface area contributed by atoms with Gasteiger partial charge in [0.15, 0.2) is 11.5 Å². The van der Waals surface area contributed by atoms with Crippen LogP contribution in [-0.2, 0) is 10.0 Å². The van der Waals surface area contributed by atoms with Crippen molar-refractivity contribution in [1.29, 1.82) is 0 Å². The Morgan fingerprint density at radius 2 is 1.69 bits per heavy atom. The van der Waals surface area contributed by atoms with Crippen LogP contribution < -0.4 is 14.8 Å². The maximum absolute atomic E-state index is 13.0. The predicted molar refractivity (Wildman–Crippen MR) is 101 cm³/mol. The van der Waals surface area contributed by atoms with Crippen molar-refractivity contribution >= 4 is 10.0 Å². The summed E-state index contributed by atoms with van der Waals surface area (Å²) in [6, 6.07) is 5.31. The van der Waals surface area contributed by atoms with Crippen molar-refractivity contribution in [1.82, 2.24) is 9.62 Å². The molecule has 0 atom stereocenters. The van der Waals surface area contributed by atoms with Crippen LogP contribution in [0, 0.1) is 5.92 Å². The summed E-state index contributed by atoms with van der Waals surface area (Å²) in [4.78, 5) is 0.272. The van der Waals surface area contributed by atoms with Gasteiger partial charge >= 0.3 is 0 Å². The molecule has 1 N–H and O–H groups in total. The SMILES string of the molecule is CCOc1ccc(S(=O)(=O)N2CCC(NCC3CC3)CC2)cc1OCC. The lowest BCUT2D eigenvalue weighted by atomic mass is 10.1. The Kier molecular flexibility index (Phi) is 6.42. The Morgan fingerprint density at radius 3 is 2.31 bits per heavy atom. The highest BCUT2D eigenvalue weighted by molar-refractivity contribution is 7.89. The number of hydrogen-bond acceptors (Lipinski definition) is 5. The van der Waals surface area contributed by atoms with E-state index in [0.717, 1.165) is 25.3 Å². The third-order valence-corrected chi connectivity index (χ3v) is 6.89. The second kappa shape index (κ2) is 8.59. The summed E-state index contributed by atoms with van der Waals surface area (Å²) < 4.78 is 38.7. The van der Waals surface area contributed by atoms with E-state index in [9.17, 15) is 8.42 Å². The van der Waals surface area contributed by atoms with E-state index in [-0.39, 0.29) is 4.90 Å². The van der Waals surface area contributed by atoms with Crippen molar-refractivity contribution in [2.75, 3.05) is 32.8 Å². The molecule has 2 fully saturated rings. The lowest BCUT2D eigenvalue weighted by Gasteiger charge is -2.32. The van der Waals surface area contributed by atoms with Gasteiger partial charge in [-0.1, -0.05) is 0 Å². The normalized spacial score (nSPS) is 19.5. The van der Waals surface area contributed by atoms with Crippen molar-refractivity contribution in [3.63, 3.8) is 0 Å². The first-order valence-electron chi connectivity index (χ1n) is 9.67. The molecule has 0 unspecified atom stereocenters. The molecule has 0 amide bonds. The molecule has 1 heterocycles. The number of hydrogen-bond donors (Lipinski definition) is 1. The third-order valence-electron chi connectivity index (χ3n) is 5.00. The zero-order valence-corrected chi connectivity index (χ0v) is 16.6. The van der Waals surface area contributed by atoms with Crippen LogP contribution in [0.15, 0.2) is 23.1 Å². The number of ether oxygens (including phenoxy) is 2. The van der Waals surface area contributed by atoms with Crippen molar-refractivity contribution < 1.29 is 17.9 Å². The topological polar surface area (TPSA) is 67.9 Å². The minimum atomic E-state index is -3.51. The van der Waals surface area contributed by atoms with Gasteiger partial charge in [0, 0.05) is 25.2 Å². The molecule has 3 rings (SSSR count). The summed E-state index contributed by atoms with van der Waals surface area (Å²) >= 11 is 0. The first kappa shape index (κ1) is 19.5. The van der Waals surface area contributed by atoms with Gasteiger partial charge in [-0.25, -0.2) is 8.42 Å². The summed E-state index contributed by atoms with van der Waals surface area (Å²) in [6.07, 6.45) is 4.39. The van der Waals surface area contributed by atoms with Crippen molar-refractivity contribution in [3.05, 3.63) is 18.2 Å². The summed E-state index contributed by atoms with van der Waals surface area (Å²) in [6.45, 7) is 6.92. The molecule has 7 heteroatoms. The number of nitrogens with zero attached hydrogens (tertiary/aromatic N) is 1. The Bertz CT molecular complexity index is 695. The van der Waals surface area contributed by atoms with Crippen LogP contribution in [0.1, 0.15) is 39.5 Å². The highest BCUT2D eigenvalue weighted by atomic mass is 32.2. The second-order valence-corrected chi connectivity index (χ2v) is 8.94. The molecular weight excluding hydrogens is 352 g/mol. The molecule has 0 radical (unpaired) electrons. The highest BCUT2D eigenvalue weighted by Crippen LogP contribution is 2.32. The average Bonchev–Trinajstić information content (AvgIpc) is 3.46. The van der Waals surface area contributed by atoms with Crippen LogP contribution in [0.4, 0.5) is 0 Å². The molecule has 0 bridgehead atoms. The quantitative estimate of drug-likeness (QED) is 0.711. The van der Waals surface area contributed by atoms with Crippen LogP contribution in [0.2, 0.25) is 0 Å². The van der Waals surface area contributed by atoms with Gasteiger partial charge in [-0.15, -0.1) is 0 Å². The lowest BCUT2D eigenvalue weighted by molar-refractivity contribution is 0.284. The van der Waals surface area contributed by atoms with E-state index in [4.69, 9.17) is 9.47 Å². The molecule has 1 aliphatic carbocycles. The van der Waals surface area contributed by atoms with Gasteiger partial charge in [0.05, 0.1) is 18.1 Å². The number of rotatable bonds is 9. The molecule has 26 heavy (non-hydrogen) atoms. The maximum atomic E-state index is 13.0. The van der Waals surface area contributed by atoms with Gasteiger partial charge < -0.3 is 14.8 Å². The maximum Gasteiger partial charge on any atom is 0.243 e. The first-order valence-corrected chi connectivity index (χ1v) is 11.1. The fraction of sp³-hybridized carbons (Fsp3) is 0.684. The standard InChI is InChI=1S/C19H30N2O4S/c1-3-24-18-8-7-17(13-19(18)25-4-2)26(22,23)21-11-9-16(10-12-21)20-14-15-5-6-15/h7-8,13,15-16,20H,3-6,9-12,14H2,1-2H3. The monoisotopic (exact) mass is 382 g/mol. The Morgan fingerprint density at radius 1 is 1.04 bits per heavy atom. The zero-order valence-electron chi connectivity index (χ0n) is 15.7. The summed E-state index contributed by atoms with van der Waals surface area (Å²) in [5.41, 5.74) is 0. The Balaban J connectivity index is 1.66.